The van der Waals surface area contributed by atoms with Crippen molar-refractivity contribution in [2.45, 2.75) is 17.7 Å². The fourth-order valence-electron chi connectivity index (χ4n) is 1.70. The Morgan fingerprint density at radius 1 is 1.39 bits per heavy atom. The van der Waals surface area contributed by atoms with Gasteiger partial charge in [0.2, 0.25) is 10.0 Å². The lowest BCUT2D eigenvalue weighted by Gasteiger charge is -2.17. The van der Waals surface area contributed by atoms with Crippen LogP contribution >= 0.6 is 0 Å². The third-order valence-corrected chi connectivity index (χ3v) is 4.74. The lowest BCUT2D eigenvalue weighted by molar-refractivity contribution is 0.439. The number of hydrogen-bond donors (Lipinski definition) is 1. The molecule has 0 atom stereocenters. The first-order valence-electron chi connectivity index (χ1n) is 5.53. The molecule has 0 saturated heterocycles. The summed E-state index contributed by atoms with van der Waals surface area (Å²) in [5, 5.41) is 0. The maximum Gasteiger partial charge on any atom is 0.245 e. The van der Waals surface area contributed by atoms with Crippen LogP contribution in [0.4, 0.5) is 14.5 Å². The van der Waals surface area contributed by atoms with Crippen LogP contribution < -0.4 is 5.73 Å². The summed E-state index contributed by atoms with van der Waals surface area (Å²) in [5.41, 5.74) is 5.23. The van der Waals surface area contributed by atoms with Crippen molar-refractivity contribution in [3.05, 3.63) is 23.8 Å². The third-order valence-electron chi connectivity index (χ3n) is 2.92. The Morgan fingerprint density at radius 2 is 2.00 bits per heavy atom. The van der Waals surface area contributed by atoms with E-state index in [1.165, 1.54) is 7.05 Å². The predicted molar refractivity (Wildman–Crippen MR) is 63.3 cm³/mol. The van der Waals surface area contributed by atoms with Gasteiger partial charge in [-0.25, -0.2) is 21.5 Å². The van der Waals surface area contributed by atoms with E-state index in [1.54, 1.807) is 0 Å². The summed E-state index contributed by atoms with van der Waals surface area (Å²) in [4.78, 5) is -0.705. The van der Waals surface area contributed by atoms with E-state index < -0.39 is 26.6 Å². The molecule has 2 N–H and O–H groups in total. The summed E-state index contributed by atoms with van der Waals surface area (Å²) in [6.07, 6.45) is 1.93. The molecule has 1 aliphatic carbocycles. The van der Waals surface area contributed by atoms with Gasteiger partial charge in [0.25, 0.3) is 0 Å². The Morgan fingerprint density at radius 3 is 2.56 bits per heavy atom. The second kappa shape index (κ2) is 4.47. The van der Waals surface area contributed by atoms with Crippen LogP contribution in [0.25, 0.3) is 0 Å². The van der Waals surface area contributed by atoms with Gasteiger partial charge >= 0.3 is 0 Å². The van der Waals surface area contributed by atoms with Crippen LogP contribution in [-0.4, -0.2) is 26.3 Å². The van der Waals surface area contributed by atoms with Gasteiger partial charge in [-0.05, 0) is 30.9 Å². The molecule has 0 bridgehead atoms. The van der Waals surface area contributed by atoms with E-state index in [2.05, 4.69) is 0 Å². The molecule has 100 valence electrons. The van der Waals surface area contributed by atoms with Crippen molar-refractivity contribution in [2.24, 2.45) is 5.92 Å². The second-order valence-corrected chi connectivity index (χ2v) is 6.56. The number of anilines is 1. The van der Waals surface area contributed by atoms with Gasteiger partial charge in [0.1, 0.15) is 4.90 Å². The van der Waals surface area contributed by atoms with Crippen LogP contribution in [0.15, 0.2) is 17.0 Å². The molecule has 0 amide bonds. The van der Waals surface area contributed by atoms with Gasteiger partial charge in [-0.2, -0.15) is 0 Å². The molecule has 0 aliphatic heterocycles. The molecule has 2 rings (SSSR count). The van der Waals surface area contributed by atoms with Crippen molar-refractivity contribution in [3.63, 3.8) is 0 Å². The molecule has 1 aliphatic rings. The van der Waals surface area contributed by atoms with Gasteiger partial charge in [-0.1, -0.05) is 0 Å². The SMILES string of the molecule is CN(CC1CC1)S(=O)(=O)c1cc(N)cc(F)c1F. The average Bonchev–Trinajstić information content (AvgIpc) is 3.06. The highest BCUT2D eigenvalue weighted by molar-refractivity contribution is 7.89. The number of benzene rings is 1. The summed E-state index contributed by atoms with van der Waals surface area (Å²) in [7, 11) is -2.68. The predicted octanol–water partition coefficient (Wildman–Crippen LogP) is 1.58. The number of nitrogen functional groups attached to an aromatic ring is 1. The van der Waals surface area contributed by atoms with Crippen molar-refractivity contribution in [2.75, 3.05) is 19.3 Å². The normalized spacial score (nSPS) is 16.2. The Bertz CT molecular complexity index is 571. The van der Waals surface area contributed by atoms with Crippen molar-refractivity contribution in [3.8, 4) is 0 Å². The van der Waals surface area contributed by atoms with E-state index in [0.717, 1.165) is 29.3 Å². The second-order valence-electron chi connectivity index (χ2n) is 4.54. The van der Waals surface area contributed by atoms with Crippen LogP contribution in [0.1, 0.15) is 12.8 Å². The Hall–Kier alpha value is -1.21. The number of sulfonamides is 1. The van der Waals surface area contributed by atoms with Crippen LogP contribution in [0.5, 0.6) is 0 Å². The van der Waals surface area contributed by atoms with Crippen LogP contribution in [-0.2, 0) is 10.0 Å². The number of rotatable bonds is 4. The highest BCUT2D eigenvalue weighted by atomic mass is 32.2. The minimum atomic E-state index is -4.03. The first-order valence-corrected chi connectivity index (χ1v) is 6.97. The Kier molecular flexibility index (Phi) is 3.29. The van der Waals surface area contributed by atoms with Gasteiger partial charge in [-0.15, -0.1) is 0 Å². The summed E-state index contributed by atoms with van der Waals surface area (Å²) < 4.78 is 51.9. The third kappa shape index (κ3) is 2.46. The quantitative estimate of drug-likeness (QED) is 0.849. The topological polar surface area (TPSA) is 63.4 Å². The fourth-order valence-corrected chi connectivity index (χ4v) is 3.05. The van der Waals surface area contributed by atoms with Crippen LogP contribution in [0.3, 0.4) is 0 Å². The van der Waals surface area contributed by atoms with E-state index in [1.807, 2.05) is 0 Å². The van der Waals surface area contributed by atoms with Crippen LogP contribution in [0.2, 0.25) is 0 Å². The number of hydrogen-bond acceptors (Lipinski definition) is 3. The van der Waals surface area contributed by atoms with Crippen molar-refractivity contribution >= 4 is 15.7 Å². The average molecular weight is 276 g/mol. The molecule has 0 aromatic heterocycles. The van der Waals surface area contributed by atoms with Crippen LogP contribution in [0, 0.1) is 17.6 Å². The van der Waals surface area contributed by atoms with E-state index in [0.29, 0.717) is 12.5 Å². The molecule has 7 heteroatoms. The molecule has 18 heavy (non-hydrogen) atoms. The number of nitrogens with two attached hydrogens (primary N) is 1. The first kappa shape index (κ1) is 13.2. The van der Waals surface area contributed by atoms with Crippen molar-refractivity contribution in [1.29, 1.82) is 0 Å². The summed E-state index contributed by atoms with van der Waals surface area (Å²) in [5.74, 6) is -2.32. The highest BCUT2D eigenvalue weighted by Crippen LogP contribution is 2.31. The van der Waals surface area contributed by atoms with E-state index >= 15 is 0 Å². The molecule has 0 unspecified atom stereocenters. The number of halogens is 2. The van der Waals surface area contributed by atoms with Gasteiger partial charge in [0.05, 0.1) is 0 Å². The van der Waals surface area contributed by atoms with Gasteiger partial charge < -0.3 is 5.73 Å². The smallest absolute Gasteiger partial charge is 0.245 e. The zero-order valence-electron chi connectivity index (χ0n) is 9.86. The van der Waals surface area contributed by atoms with E-state index in [4.69, 9.17) is 5.73 Å². The lowest BCUT2D eigenvalue weighted by Crippen LogP contribution is -2.30. The Labute approximate surface area is 104 Å². The zero-order valence-corrected chi connectivity index (χ0v) is 10.7. The molecule has 1 saturated carbocycles. The first-order chi connectivity index (χ1) is 8.32. The largest absolute Gasteiger partial charge is 0.399 e. The lowest BCUT2D eigenvalue weighted by atomic mass is 10.3. The molecule has 1 fully saturated rings. The van der Waals surface area contributed by atoms with Gasteiger partial charge in [0, 0.05) is 19.3 Å². The standard InChI is InChI=1S/C11H14F2N2O2S/c1-15(6-7-2-3-7)18(16,17)10-5-8(14)4-9(12)11(10)13/h4-5,7H,2-3,6,14H2,1H3. The molecular weight excluding hydrogens is 262 g/mol. The maximum absolute atomic E-state index is 13.6. The summed E-state index contributed by atoms with van der Waals surface area (Å²) in [6.45, 7) is 0.318. The monoisotopic (exact) mass is 276 g/mol. The molecule has 0 spiro atoms. The fraction of sp³-hybridized carbons (Fsp3) is 0.455. The van der Waals surface area contributed by atoms with E-state index in [9.17, 15) is 17.2 Å². The van der Waals surface area contributed by atoms with Crippen molar-refractivity contribution < 1.29 is 17.2 Å². The summed E-state index contributed by atoms with van der Waals surface area (Å²) >= 11 is 0. The maximum atomic E-state index is 13.6. The molecular formula is C11H14F2N2O2S. The minimum Gasteiger partial charge on any atom is -0.399 e. The minimum absolute atomic E-state index is 0.118. The molecule has 0 radical (unpaired) electrons. The van der Waals surface area contributed by atoms with Crippen molar-refractivity contribution in [1.82, 2.24) is 4.31 Å². The summed E-state index contributed by atoms with van der Waals surface area (Å²) in [6, 6.07) is 1.70. The molecule has 1 aromatic carbocycles. The highest BCUT2D eigenvalue weighted by Gasteiger charge is 2.31. The van der Waals surface area contributed by atoms with E-state index in [-0.39, 0.29) is 5.69 Å². The Balaban J connectivity index is 2.39. The zero-order chi connectivity index (χ0) is 13.5. The van der Waals surface area contributed by atoms with Gasteiger partial charge in [-0.3, -0.25) is 0 Å². The molecule has 1 aromatic rings. The molecule has 0 heterocycles. The number of nitrogens with zero attached hydrogens (tertiary/aromatic N) is 1. The van der Waals surface area contributed by atoms with Gasteiger partial charge in [0.15, 0.2) is 11.6 Å². The molecule has 4 nitrogen and oxygen atoms in total.